The lowest BCUT2D eigenvalue weighted by Crippen LogP contribution is -2.28. The standard InChI is InChI=1S/C26H42O6/c1-17(2)13-14-26(4,5)24(28)12-11-20-21-15-19(9-7-8-10-25(29)30-6)32-23(21)16-22(20)31-18(3)27/h11-13,19-24,28H,7-10,14-16H2,1-6H3/t19-,20-,21-,22-,23+,24-/m1/s1. The van der Waals surface area contributed by atoms with Crippen molar-refractivity contribution in [3.63, 3.8) is 0 Å². The van der Waals surface area contributed by atoms with Crippen LogP contribution in [0.3, 0.4) is 0 Å². The smallest absolute Gasteiger partial charge is 0.305 e. The first-order valence-electron chi connectivity index (χ1n) is 11.9. The topological polar surface area (TPSA) is 82.1 Å². The number of ether oxygens (including phenoxy) is 3. The molecule has 0 unspecified atom stereocenters. The highest BCUT2D eigenvalue weighted by Gasteiger charge is 2.49. The number of carbonyl (C=O) groups is 2. The van der Waals surface area contributed by atoms with Crippen LogP contribution < -0.4 is 0 Å². The average Bonchev–Trinajstić information content (AvgIpc) is 3.24. The van der Waals surface area contributed by atoms with Crippen molar-refractivity contribution in [1.82, 2.24) is 0 Å². The van der Waals surface area contributed by atoms with E-state index in [0.717, 1.165) is 32.1 Å². The van der Waals surface area contributed by atoms with Crippen LogP contribution >= 0.6 is 0 Å². The summed E-state index contributed by atoms with van der Waals surface area (Å²) < 4.78 is 16.6. The van der Waals surface area contributed by atoms with Crippen LogP contribution in [0, 0.1) is 17.3 Å². The zero-order chi connectivity index (χ0) is 23.9. The van der Waals surface area contributed by atoms with Gasteiger partial charge in [-0.1, -0.05) is 44.1 Å². The minimum Gasteiger partial charge on any atom is -0.469 e. The van der Waals surface area contributed by atoms with Gasteiger partial charge in [-0.2, -0.15) is 0 Å². The molecular formula is C26H42O6. The molecule has 1 aliphatic heterocycles. The molecule has 0 radical (unpaired) electrons. The van der Waals surface area contributed by atoms with Crippen molar-refractivity contribution in [3.8, 4) is 0 Å². The zero-order valence-corrected chi connectivity index (χ0v) is 20.6. The number of allylic oxidation sites excluding steroid dienone is 2. The summed E-state index contributed by atoms with van der Waals surface area (Å²) in [7, 11) is 1.41. The molecule has 2 fully saturated rings. The van der Waals surface area contributed by atoms with Crippen LogP contribution in [0.2, 0.25) is 0 Å². The zero-order valence-electron chi connectivity index (χ0n) is 20.6. The second kappa shape index (κ2) is 12.0. The summed E-state index contributed by atoms with van der Waals surface area (Å²) in [6.07, 6.45) is 11.0. The lowest BCUT2D eigenvalue weighted by molar-refractivity contribution is -0.148. The van der Waals surface area contributed by atoms with E-state index in [9.17, 15) is 14.7 Å². The largest absolute Gasteiger partial charge is 0.469 e. The van der Waals surface area contributed by atoms with E-state index in [1.807, 2.05) is 6.08 Å². The number of hydrogen-bond donors (Lipinski definition) is 1. The van der Waals surface area contributed by atoms with E-state index in [1.165, 1.54) is 19.6 Å². The molecule has 6 atom stereocenters. The summed E-state index contributed by atoms with van der Waals surface area (Å²) in [4.78, 5) is 22.9. The highest BCUT2D eigenvalue weighted by Crippen LogP contribution is 2.46. The summed E-state index contributed by atoms with van der Waals surface area (Å²) in [5.41, 5.74) is 0.959. The molecule has 2 aliphatic rings. The Bertz CT molecular complexity index is 690. The van der Waals surface area contributed by atoms with Gasteiger partial charge in [0.15, 0.2) is 0 Å². The van der Waals surface area contributed by atoms with Crippen LogP contribution in [0.5, 0.6) is 0 Å². The van der Waals surface area contributed by atoms with Gasteiger partial charge >= 0.3 is 11.9 Å². The Kier molecular flexibility index (Phi) is 9.96. The quantitative estimate of drug-likeness (QED) is 0.278. The van der Waals surface area contributed by atoms with Gasteiger partial charge in [0.2, 0.25) is 0 Å². The SMILES string of the molecule is COC(=O)CCCC[C@@H]1C[C@@H]2[C@@H](C=C[C@@H](O)C(C)(C)CC=C(C)C)[C@H](OC(C)=O)C[C@@H]2O1. The van der Waals surface area contributed by atoms with Crippen LogP contribution in [0.4, 0.5) is 0 Å². The second-order valence-electron chi connectivity index (χ2n) is 10.3. The molecule has 1 N–H and O–H groups in total. The predicted molar refractivity (Wildman–Crippen MR) is 124 cm³/mol. The van der Waals surface area contributed by atoms with E-state index in [4.69, 9.17) is 14.2 Å². The van der Waals surface area contributed by atoms with Crippen molar-refractivity contribution in [2.75, 3.05) is 7.11 Å². The fraction of sp³-hybridized carbons (Fsp3) is 0.769. The van der Waals surface area contributed by atoms with Gasteiger partial charge in [-0.15, -0.1) is 0 Å². The van der Waals surface area contributed by atoms with Crippen LogP contribution in [0.15, 0.2) is 23.8 Å². The van der Waals surface area contributed by atoms with Gasteiger partial charge in [0.1, 0.15) is 6.10 Å². The first-order valence-corrected chi connectivity index (χ1v) is 11.9. The van der Waals surface area contributed by atoms with Gasteiger partial charge in [0, 0.05) is 25.7 Å². The van der Waals surface area contributed by atoms with E-state index < -0.39 is 6.10 Å². The third-order valence-electron chi connectivity index (χ3n) is 6.82. The highest BCUT2D eigenvalue weighted by atomic mass is 16.6. The van der Waals surface area contributed by atoms with Crippen molar-refractivity contribution < 1.29 is 28.9 Å². The number of methoxy groups -OCH3 is 1. The Labute approximate surface area is 193 Å². The molecule has 6 nitrogen and oxygen atoms in total. The van der Waals surface area contributed by atoms with Gasteiger partial charge in [0.05, 0.1) is 25.4 Å². The molecule has 1 saturated carbocycles. The lowest BCUT2D eigenvalue weighted by atomic mass is 9.81. The number of aliphatic hydroxyl groups is 1. The molecule has 1 aliphatic carbocycles. The maximum absolute atomic E-state index is 11.6. The molecule has 0 aromatic heterocycles. The van der Waals surface area contributed by atoms with Gasteiger partial charge in [0.25, 0.3) is 0 Å². The molecule has 0 amide bonds. The number of carbonyl (C=O) groups excluding carboxylic acids is 2. The molecule has 0 aromatic carbocycles. The number of esters is 2. The number of fused-ring (bicyclic) bond motifs is 1. The van der Waals surface area contributed by atoms with Crippen molar-refractivity contribution in [1.29, 1.82) is 0 Å². The van der Waals surface area contributed by atoms with Gasteiger partial charge in [-0.05, 0) is 50.9 Å². The third kappa shape index (κ3) is 7.73. The van der Waals surface area contributed by atoms with E-state index >= 15 is 0 Å². The number of hydrogen-bond acceptors (Lipinski definition) is 6. The van der Waals surface area contributed by atoms with Crippen LogP contribution in [-0.2, 0) is 23.8 Å². The third-order valence-corrected chi connectivity index (χ3v) is 6.82. The maximum Gasteiger partial charge on any atom is 0.305 e. The molecule has 182 valence electrons. The number of rotatable bonds is 11. The summed E-state index contributed by atoms with van der Waals surface area (Å²) in [5.74, 6) is -0.140. The minimum atomic E-state index is -0.591. The van der Waals surface area contributed by atoms with Crippen molar-refractivity contribution >= 4 is 11.9 Å². The van der Waals surface area contributed by atoms with Gasteiger partial charge in [-0.25, -0.2) is 0 Å². The molecular weight excluding hydrogens is 408 g/mol. The molecule has 1 heterocycles. The van der Waals surface area contributed by atoms with Crippen LogP contribution in [0.25, 0.3) is 0 Å². The summed E-state index contributed by atoms with van der Waals surface area (Å²) in [5, 5.41) is 10.8. The lowest BCUT2D eigenvalue weighted by Gasteiger charge is -2.28. The molecule has 6 heteroatoms. The van der Waals surface area contributed by atoms with Crippen LogP contribution in [-0.4, -0.2) is 48.6 Å². The summed E-state index contributed by atoms with van der Waals surface area (Å²) in [6.45, 7) is 9.69. The average molecular weight is 451 g/mol. The van der Waals surface area contributed by atoms with E-state index in [1.54, 1.807) is 0 Å². The molecule has 0 bridgehead atoms. The number of aliphatic hydroxyl groups excluding tert-OH is 1. The van der Waals surface area contributed by atoms with Gasteiger partial charge in [-0.3, -0.25) is 9.59 Å². The Morgan fingerprint density at radius 3 is 2.53 bits per heavy atom. The predicted octanol–water partition coefficient (Wildman–Crippen LogP) is 4.74. The monoisotopic (exact) mass is 450 g/mol. The fourth-order valence-corrected chi connectivity index (χ4v) is 4.77. The second-order valence-corrected chi connectivity index (χ2v) is 10.3. The Hall–Kier alpha value is -1.66. The summed E-state index contributed by atoms with van der Waals surface area (Å²) in [6, 6.07) is 0. The van der Waals surface area contributed by atoms with Crippen molar-refractivity contribution in [2.24, 2.45) is 17.3 Å². The molecule has 0 aromatic rings. The number of unbranched alkanes of at least 4 members (excludes halogenated alkanes) is 1. The molecule has 32 heavy (non-hydrogen) atoms. The molecule has 0 spiro atoms. The fourth-order valence-electron chi connectivity index (χ4n) is 4.77. The molecule has 2 rings (SSSR count). The van der Waals surface area contributed by atoms with E-state index in [2.05, 4.69) is 39.8 Å². The highest BCUT2D eigenvalue weighted by molar-refractivity contribution is 5.69. The summed E-state index contributed by atoms with van der Waals surface area (Å²) >= 11 is 0. The molecule has 1 saturated heterocycles. The van der Waals surface area contributed by atoms with E-state index in [-0.39, 0.29) is 47.5 Å². The van der Waals surface area contributed by atoms with E-state index in [0.29, 0.717) is 12.8 Å². The van der Waals surface area contributed by atoms with Crippen molar-refractivity contribution in [2.45, 2.75) is 104 Å². The minimum absolute atomic E-state index is 0.0397. The first kappa shape index (κ1) is 26.6. The maximum atomic E-state index is 11.6. The van der Waals surface area contributed by atoms with Gasteiger partial charge < -0.3 is 19.3 Å². The van der Waals surface area contributed by atoms with Crippen LogP contribution in [0.1, 0.15) is 79.6 Å². The Morgan fingerprint density at radius 2 is 1.91 bits per heavy atom. The Morgan fingerprint density at radius 1 is 1.19 bits per heavy atom. The first-order chi connectivity index (χ1) is 15.0. The van der Waals surface area contributed by atoms with Crippen molar-refractivity contribution in [3.05, 3.63) is 23.8 Å². The normalized spacial score (nSPS) is 28.4. The Balaban J connectivity index is 1.99.